The topological polar surface area (TPSA) is 67.6 Å². The van der Waals surface area contributed by atoms with Crippen LogP contribution in [0.1, 0.15) is 41.9 Å². The van der Waals surface area contributed by atoms with Crippen LogP contribution in [0.3, 0.4) is 0 Å². The minimum atomic E-state index is -0.251. The maximum Gasteiger partial charge on any atom is 0.273 e. The standard InChI is InChI=1S/C24H26ClN3O3/c1-2-30-20-11-7-18(8-12-20)23-15-21(27-31-23)24(29)26-16-22(28-13-3-4-14-28)17-5-9-19(25)10-6-17/h5-12,15,22H,2-4,13-14,16H2,1H3,(H,26,29). The van der Waals surface area contributed by atoms with Gasteiger partial charge in [-0.15, -0.1) is 0 Å². The molecule has 1 fully saturated rings. The lowest BCUT2D eigenvalue weighted by Gasteiger charge is -2.28. The van der Waals surface area contributed by atoms with Gasteiger partial charge in [0.2, 0.25) is 0 Å². The van der Waals surface area contributed by atoms with Crippen LogP contribution in [0.2, 0.25) is 5.02 Å². The summed E-state index contributed by atoms with van der Waals surface area (Å²) in [6, 6.07) is 17.1. The van der Waals surface area contributed by atoms with Crippen molar-refractivity contribution in [2.45, 2.75) is 25.8 Å². The summed E-state index contributed by atoms with van der Waals surface area (Å²) in [6.07, 6.45) is 2.35. The van der Waals surface area contributed by atoms with Crippen LogP contribution in [0.15, 0.2) is 59.1 Å². The van der Waals surface area contributed by atoms with Gasteiger partial charge in [0.05, 0.1) is 12.6 Å². The molecule has 0 radical (unpaired) electrons. The number of aromatic nitrogens is 1. The average Bonchev–Trinajstić information content (AvgIpc) is 3.48. The number of carbonyl (C=O) groups is 1. The van der Waals surface area contributed by atoms with Gasteiger partial charge in [0.1, 0.15) is 5.75 Å². The Bertz CT molecular complexity index is 996. The highest BCUT2D eigenvalue weighted by atomic mass is 35.5. The second kappa shape index (κ2) is 9.98. The fraction of sp³-hybridized carbons (Fsp3) is 0.333. The van der Waals surface area contributed by atoms with Crippen LogP contribution in [-0.2, 0) is 0 Å². The zero-order valence-electron chi connectivity index (χ0n) is 17.5. The lowest BCUT2D eigenvalue weighted by atomic mass is 10.1. The molecule has 2 aromatic carbocycles. The molecule has 31 heavy (non-hydrogen) atoms. The van der Waals surface area contributed by atoms with E-state index in [1.807, 2.05) is 55.5 Å². The molecule has 1 amide bonds. The average molecular weight is 440 g/mol. The number of hydrogen-bond donors (Lipinski definition) is 1. The summed E-state index contributed by atoms with van der Waals surface area (Å²) in [5.74, 6) is 1.08. The quantitative estimate of drug-likeness (QED) is 0.537. The molecule has 162 valence electrons. The summed E-state index contributed by atoms with van der Waals surface area (Å²) in [7, 11) is 0. The maximum absolute atomic E-state index is 12.7. The van der Waals surface area contributed by atoms with Gasteiger partial charge in [-0.3, -0.25) is 9.69 Å². The lowest BCUT2D eigenvalue weighted by molar-refractivity contribution is 0.0929. The van der Waals surface area contributed by atoms with E-state index >= 15 is 0 Å². The van der Waals surface area contributed by atoms with E-state index in [9.17, 15) is 4.79 Å². The first kappa shape index (κ1) is 21.4. The zero-order chi connectivity index (χ0) is 21.6. The summed E-state index contributed by atoms with van der Waals surface area (Å²) >= 11 is 6.05. The van der Waals surface area contributed by atoms with Crippen LogP contribution in [-0.4, -0.2) is 42.2 Å². The highest BCUT2D eigenvalue weighted by Crippen LogP contribution is 2.26. The van der Waals surface area contributed by atoms with Crippen LogP contribution < -0.4 is 10.1 Å². The minimum Gasteiger partial charge on any atom is -0.494 e. The molecule has 1 atom stereocenters. The summed E-state index contributed by atoms with van der Waals surface area (Å²) in [5, 5.41) is 7.69. The molecule has 1 saturated heterocycles. The molecule has 1 unspecified atom stereocenters. The lowest BCUT2D eigenvalue weighted by Crippen LogP contribution is -2.36. The number of carbonyl (C=O) groups excluding carboxylic acids is 1. The molecule has 1 aromatic heterocycles. The number of likely N-dealkylation sites (tertiary alicyclic amines) is 1. The first-order valence-electron chi connectivity index (χ1n) is 10.6. The molecule has 7 heteroatoms. The SMILES string of the molecule is CCOc1ccc(-c2cc(C(=O)NCC(c3ccc(Cl)cc3)N3CCCC3)no2)cc1. The van der Waals surface area contributed by atoms with Crippen molar-refractivity contribution in [3.05, 3.63) is 70.9 Å². The monoisotopic (exact) mass is 439 g/mol. The Morgan fingerprint density at radius 1 is 1.16 bits per heavy atom. The second-order valence-electron chi connectivity index (χ2n) is 7.55. The molecule has 4 rings (SSSR count). The molecule has 0 saturated carbocycles. The Morgan fingerprint density at radius 3 is 2.55 bits per heavy atom. The van der Waals surface area contributed by atoms with Crippen molar-refractivity contribution >= 4 is 17.5 Å². The first-order chi connectivity index (χ1) is 15.1. The van der Waals surface area contributed by atoms with Crippen molar-refractivity contribution in [2.75, 3.05) is 26.2 Å². The van der Waals surface area contributed by atoms with E-state index in [1.54, 1.807) is 6.07 Å². The molecule has 0 aliphatic carbocycles. The Hall–Kier alpha value is -2.83. The van der Waals surface area contributed by atoms with E-state index in [4.69, 9.17) is 20.9 Å². The van der Waals surface area contributed by atoms with E-state index in [2.05, 4.69) is 15.4 Å². The Morgan fingerprint density at radius 2 is 1.87 bits per heavy atom. The summed E-state index contributed by atoms with van der Waals surface area (Å²) in [5.41, 5.74) is 2.24. The van der Waals surface area contributed by atoms with Gasteiger partial charge < -0.3 is 14.6 Å². The number of nitrogens with one attached hydrogen (secondary N) is 1. The van der Waals surface area contributed by atoms with Crippen LogP contribution in [0.25, 0.3) is 11.3 Å². The third-order valence-corrected chi connectivity index (χ3v) is 5.74. The number of ether oxygens (including phenoxy) is 1. The zero-order valence-corrected chi connectivity index (χ0v) is 18.3. The van der Waals surface area contributed by atoms with Gasteiger partial charge in [0.15, 0.2) is 11.5 Å². The third-order valence-electron chi connectivity index (χ3n) is 5.48. The first-order valence-corrected chi connectivity index (χ1v) is 11.0. The minimum absolute atomic E-state index is 0.0983. The Balaban J connectivity index is 1.42. The van der Waals surface area contributed by atoms with Gasteiger partial charge in [-0.05, 0) is 74.8 Å². The second-order valence-corrected chi connectivity index (χ2v) is 7.99. The Labute approximate surface area is 187 Å². The van der Waals surface area contributed by atoms with E-state index in [1.165, 1.54) is 12.8 Å². The maximum atomic E-state index is 12.7. The van der Waals surface area contributed by atoms with Crippen molar-refractivity contribution in [1.82, 2.24) is 15.4 Å². The molecule has 6 nitrogen and oxygen atoms in total. The van der Waals surface area contributed by atoms with Crippen molar-refractivity contribution in [1.29, 1.82) is 0 Å². The van der Waals surface area contributed by atoms with Crippen LogP contribution in [0.5, 0.6) is 5.75 Å². The van der Waals surface area contributed by atoms with Gasteiger partial charge in [0.25, 0.3) is 5.91 Å². The molecule has 1 aliphatic heterocycles. The summed E-state index contributed by atoms with van der Waals surface area (Å²) < 4.78 is 10.9. The van der Waals surface area contributed by atoms with Gasteiger partial charge in [-0.1, -0.05) is 28.9 Å². The highest BCUT2D eigenvalue weighted by Gasteiger charge is 2.24. The van der Waals surface area contributed by atoms with Gasteiger partial charge in [-0.2, -0.15) is 0 Å². The van der Waals surface area contributed by atoms with Gasteiger partial charge in [0, 0.05) is 23.2 Å². The summed E-state index contributed by atoms with van der Waals surface area (Å²) in [6.45, 7) is 5.09. The molecular weight excluding hydrogens is 414 g/mol. The predicted molar refractivity (Wildman–Crippen MR) is 120 cm³/mol. The smallest absolute Gasteiger partial charge is 0.273 e. The van der Waals surface area contributed by atoms with Crippen molar-refractivity contribution < 1.29 is 14.1 Å². The highest BCUT2D eigenvalue weighted by molar-refractivity contribution is 6.30. The van der Waals surface area contributed by atoms with Crippen molar-refractivity contribution in [2.24, 2.45) is 0 Å². The molecule has 0 bridgehead atoms. The van der Waals surface area contributed by atoms with E-state index in [-0.39, 0.29) is 17.6 Å². The predicted octanol–water partition coefficient (Wildman–Crippen LogP) is 4.96. The molecule has 2 heterocycles. The fourth-order valence-electron chi connectivity index (χ4n) is 3.88. The van der Waals surface area contributed by atoms with Gasteiger partial charge >= 0.3 is 0 Å². The number of hydrogen-bond acceptors (Lipinski definition) is 5. The van der Waals surface area contributed by atoms with E-state index in [0.717, 1.165) is 30.0 Å². The molecule has 3 aromatic rings. The number of nitrogens with zero attached hydrogens (tertiary/aromatic N) is 2. The van der Waals surface area contributed by atoms with Crippen LogP contribution >= 0.6 is 11.6 Å². The molecule has 0 spiro atoms. The van der Waals surface area contributed by atoms with Crippen molar-refractivity contribution in [3.63, 3.8) is 0 Å². The molecule has 1 aliphatic rings. The van der Waals surface area contributed by atoms with E-state index < -0.39 is 0 Å². The fourth-order valence-corrected chi connectivity index (χ4v) is 4.00. The molecule has 1 N–H and O–H groups in total. The number of halogens is 1. The van der Waals surface area contributed by atoms with Crippen LogP contribution in [0.4, 0.5) is 0 Å². The summed E-state index contributed by atoms with van der Waals surface area (Å²) in [4.78, 5) is 15.1. The van der Waals surface area contributed by atoms with Crippen LogP contribution in [0, 0.1) is 0 Å². The van der Waals surface area contributed by atoms with Crippen molar-refractivity contribution in [3.8, 4) is 17.1 Å². The van der Waals surface area contributed by atoms with E-state index in [0.29, 0.717) is 23.9 Å². The number of rotatable bonds is 8. The Kier molecular flexibility index (Phi) is 6.89. The third kappa shape index (κ3) is 5.27. The number of benzene rings is 2. The molecular formula is C24H26ClN3O3. The normalized spacial score (nSPS) is 15.0. The largest absolute Gasteiger partial charge is 0.494 e. The van der Waals surface area contributed by atoms with Gasteiger partial charge in [-0.25, -0.2) is 0 Å². The number of amides is 1.